The summed E-state index contributed by atoms with van der Waals surface area (Å²) in [6.07, 6.45) is 0.332. The molecule has 6 nitrogen and oxygen atoms in total. The molecule has 100 valence electrons. The normalized spacial score (nSPS) is 15.3. The second-order valence-corrected chi connectivity index (χ2v) is 5.37. The third kappa shape index (κ3) is 10.5. The van der Waals surface area contributed by atoms with E-state index in [1.165, 1.54) is 14.2 Å². The second kappa shape index (κ2) is 8.17. The molecule has 0 aliphatic heterocycles. The molecule has 3 N–H and O–H groups in total. The molecule has 0 radical (unpaired) electrons. The van der Waals surface area contributed by atoms with E-state index in [0.29, 0.717) is 12.5 Å². The van der Waals surface area contributed by atoms with Gasteiger partial charge in [-0.05, 0) is 6.04 Å². The molecule has 7 heteroatoms. The lowest BCUT2D eigenvalue weighted by Gasteiger charge is -2.29. The average Bonchev–Trinajstić information content (AvgIpc) is 2.12. The van der Waals surface area contributed by atoms with Crippen molar-refractivity contribution in [1.29, 1.82) is 0 Å². The molecule has 0 bridgehead atoms. The van der Waals surface area contributed by atoms with Crippen LogP contribution < -0.4 is 5.73 Å². The summed E-state index contributed by atoms with van der Waals surface area (Å²) < 4.78 is 25.3. The maximum atomic E-state index is 10.9. The number of ether oxygens (including phenoxy) is 2. The molecular formula is C9H24NO5P. The van der Waals surface area contributed by atoms with Gasteiger partial charge in [-0.25, -0.2) is 4.52 Å². The molecule has 0 aromatic carbocycles. The summed E-state index contributed by atoms with van der Waals surface area (Å²) in [5, 5.41) is 0. The number of rotatable bonds is 5. The fourth-order valence-corrected chi connectivity index (χ4v) is 1.56. The largest absolute Gasteiger partial charge is 0.331 e. The van der Waals surface area contributed by atoms with Crippen molar-refractivity contribution in [2.75, 3.05) is 20.9 Å². The van der Waals surface area contributed by atoms with Gasteiger partial charge in [0.25, 0.3) is 5.97 Å². The van der Waals surface area contributed by atoms with Crippen LogP contribution in [0.5, 0.6) is 0 Å². The Labute approximate surface area is 97.6 Å². The van der Waals surface area contributed by atoms with Crippen molar-refractivity contribution < 1.29 is 23.5 Å². The van der Waals surface area contributed by atoms with E-state index in [1.54, 1.807) is 6.92 Å². The highest BCUT2D eigenvalue weighted by atomic mass is 31.2. The Bertz CT molecular complexity index is 201. The lowest BCUT2D eigenvalue weighted by molar-refractivity contribution is -0.325. The maximum Gasteiger partial charge on any atom is 0.329 e. The highest BCUT2D eigenvalue weighted by Crippen LogP contribution is 2.43. The highest BCUT2D eigenvalue weighted by molar-refractivity contribution is 7.51. The van der Waals surface area contributed by atoms with E-state index in [1.807, 2.05) is 13.8 Å². The fraction of sp³-hybridized carbons (Fsp3) is 1.00. The van der Waals surface area contributed by atoms with Crippen molar-refractivity contribution in [2.24, 2.45) is 5.73 Å². The molecule has 0 spiro atoms. The lowest BCUT2D eigenvalue weighted by Crippen LogP contribution is -2.35. The molecule has 0 saturated carbocycles. The maximum absolute atomic E-state index is 10.9. The number of nitrogens with two attached hydrogens (primary N) is 1. The summed E-state index contributed by atoms with van der Waals surface area (Å²) >= 11 is 0. The zero-order valence-electron chi connectivity index (χ0n) is 10.9. The Balaban J connectivity index is 0. The molecule has 0 heterocycles. The van der Waals surface area contributed by atoms with Gasteiger partial charge in [-0.2, -0.15) is 0 Å². The predicted molar refractivity (Wildman–Crippen MR) is 63.2 cm³/mol. The van der Waals surface area contributed by atoms with Crippen LogP contribution in [0.15, 0.2) is 0 Å². The van der Waals surface area contributed by atoms with Gasteiger partial charge in [-0.1, -0.05) is 20.8 Å². The molecule has 16 heavy (non-hydrogen) atoms. The van der Waals surface area contributed by atoms with Crippen LogP contribution in [-0.4, -0.2) is 37.8 Å². The summed E-state index contributed by atoms with van der Waals surface area (Å²) in [4.78, 5) is 8.92. The fourth-order valence-electron chi connectivity index (χ4n) is 0.769. The van der Waals surface area contributed by atoms with E-state index in [9.17, 15) is 4.57 Å². The van der Waals surface area contributed by atoms with Gasteiger partial charge in [0.1, 0.15) is 0 Å². The zero-order valence-corrected chi connectivity index (χ0v) is 11.8. The Morgan fingerprint density at radius 3 is 1.75 bits per heavy atom. The minimum atomic E-state index is -3.59. The average molecular weight is 257 g/mol. The molecule has 1 unspecified atom stereocenters. The molecule has 0 aliphatic rings. The van der Waals surface area contributed by atoms with Gasteiger partial charge in [0, 0.05) is 27.3 Å². The van der Waals surface area contributed by atoms with Gasteiger partial charge in [0.15, 0.2) is 0 Å². The minimum absolute atomic E-state index is 0.332. The summed E-state index contributed by atoms with van der Waals surface area (Å²) in [6.45, 7) is 6.69. The third-order valence-corrected chi connectivity index (χ3v) is 1.98. The molecule has 0 aromatic heterocycles. The molecule has 0 aliphatic carbocycles. The molecule has 0 amide bonds. The molecule has 1 atom stereocenters. The number of hydrogen-bond donors (Lipinski definition) is 2. The zero-order chi connectivity index (χ0) is 13.4. The van der Waals surface area contributed by atoms with Gasteiger partial charge in [0.2, 0.25) is 0 Å². The molecular weight excluding hydrogens is 233 g/mol. The van der Waals surface area contributed by atoms with E-state index in [4.69, 9.17) is 24.6 Å². The van der Waals surface area contributed by atoms with Gasteiger partial charge in [0.05, 0.1) is 0 Å². The monoisotopic (exact) mass is 257 g/mol. The number of methoxy groups -OCH3 is 2. The summed E-state index contributed by atoms with van der Waals surface area (Å²) in [6, 6.07) is 0.333. The van der Waals surface area contributed by atoms with Crippen molar-refractivity contribution >= 4 is 7.60 Å². The lowest BCUT2D eigenvalue weighted by atomic mass is 10.4. The first-order chi connectivity index (χ1) is 7.12. The van der Waals surface area contributed by atoms with Crippen LogP contribution in [0.2, 0.25) is 0 Å². The van der Waals surface area contributed by atoms with Gasteiger partial charge in [-0.15, -0.1) is 0 Å². The first-order valence-corrected chi connectivity index (χ1v) is 7.01. The van der Waals surface area contributed by atoms with Crippen LogP contribution in [0.4, 0.5) is 0 Å². The van der Waals surface area contributed by atoms with Gasteiger partial charge < -0.3 is 20.1 Å². The van der Waals surface area contributed by atoms with Crippen molar-refractivity contribution in [2.45, 2.75) is 39.2 Å². The summed E-state index contributed by atoms with van der Waals surface area (Å²) in [5.41, 5.74) is 5.11. The summed E-state index contributed by atoms with van der Waals surface area (Å²) in [7, 11) is -0.887. The topological polar surface area (TPSA) is 91.0 Å². The smallest absolute Gasteiger partial charge is 0.329 e. The van der Waals surface area contributed by atoms with E-state index in [-0.39, 0.29) is 0 Å². The van der Waals surface area contributed by atoms with Crippen molar-refractivity contribution in [3.05, 3.63) is 0 Å². The standard InChI is InChI=1S/C6H15O5P.C3H9N/c1-5-6(9-2,10-3)11-12(4,7)8;1-3(2)4/h5H2,1-4H3,(H,7,8);3H,4H2,1-2H3. The first-order valence-electron chi connectivity index (χ1n) is 4.99. The quantitative estimate of drug-likeness (QED) is 0.573. The number of hydrogen-bond acceptors (Lipinski definition) is 5. The minimum Gasteiger partial charge on any atom is -0.331 e. The van der Waals surface area contributed by atoms with Crippen molar-refractivity contribution in [3.8, 4) is 0 Å². The first kappa shape index (κ1) is 18.4. The molecule has 0 aromatic rings. The Morgan fingerprint density at radius 2 is 1.69 bits per heavy atom. The van der Waals surface area contributed by atoms with Crippen LogP contribution in [0.1, 0.15) is 27.2 Å². The van der Waals surface area contributed by atoms with E-state index < -0.39 is 13.6 Å². The highest BCUT2D eigenvalue weighted by Gasteiger charge is 2.34. The van der Waals surface area contributed by atoms with E-state index >= 15 is 0 Å². The third-order valence-electron chi connectivity index (χ3n) is 1.36. The molecule has 0 rings (SSSR count). The van der Waals surface area contributed by atoms with E-state index in [2.05, 4.69) is 0 Å². The Hall–Kier alpha value is 0.0300. The Kier molecular flexibility index (Phi) is 9.39. The van der Waals surface area contributed by atoms with Gasteiger partial charge >= 0.3 is 7.60 Å². The molecule has 0 fully saturated rings. The SMILES string of the molecule is CC(C)N.CCC(OC)(OC)OP(C)(=O)O. The van der Waals surface area contributed by atoms with Crippen LogP contribution in [0.3, 0.4) is 0 Å². The van der Waals surface area contributed by atoms with Crippen LogP contribution in [-0.2, 0) is 18.6 Å². The second-order valence-electron chi connectivity index (χ2n) is 3.58. The molecule has 0 saturated heterocycles. The summed E-state index contributed by atoms with van der Waals surface area (Å²) in [5.74, 6) is -1.40. The van der Waals surface area contributed by atoms with Crippen LogP contribution in [0, 0.1) is 0 Å². The van der Waals surface area contributed by atoms with Gasteiger partial charge in [-0.3, -0.25) is 4.57 Å². The predicted octanol–water partition coefficient (Wildman–Crippen LogP) is 1.53. The van der Waals surface area contributed by atoms with Crippen LogP contribution in [0.25, 0.3) is 0 Å². The van der Waals surface area contributed by atoms with Crippen molar-refractivity contribution in [3.63, 3.8) is 0 Å². The van der Waals surface area contributed by atoms with E-state index in [0.717, 1.165) is 6.66 Å². The van der Waals surface area contributed by atoms with Crippen LogP contribution >= 0.6 is 7.60 Å². The Morgan fingerprint density at radius 1 is 1.38 bits per heavy atom. The van der Waals surface area contributed by atoms with Crippen molar-refractivity contribution in [1.82, 2.24) is 0 Å².